The lowest BCUT2D eigenvalue weighted by molar-refractivity contribution is 0.361. The van der Waals surface area contributed by atoms with Crippen molar-refractivity contribution in [2.24, 2.45) is 0 Å². The van der Waals surface area contributed by atoms with Crippen LogP contribution in [-0.2, 0) is 0 Å². The minimum Gasteiger partial charge on any atom is -0.490 e. The summed E-state index contributed by atoms with van der Waals surface area (Å²) in [6.07, 6.45) is 5.59. The van der Waals surface area contributed by atoms with Gasteiger partial charge in [-0.15, -0.1) is 6.58 Å². The van der Waals surface area contributed by atoms with E-state index < -0.39 is 0 Å². The van der Waals surface area contributed by atoms with Crippen LogP contribution in [0.25, 0.3) is 0 Å². The molecule has 0 aliphatic rings. The highest BCUT2D eigenvalue weighted by atomic mass is 16.5. The van der Waals surface area contributed by atoms with E-state index in [2.05, 4.69) is 26.5 Å². The van der Waals surface area contributed by atoms with E-state index >= 15 is 0 Å². The predicted octanol–water partition coefficient (Wildman–Crippen LogP) is 4.76. The summed E-state index contributed by atoms with van der Waals surface area (Å²) >= 11 is 0. The van der Waals surface area contributed by atoms with Crippen molar-refractivity contribution in [3.63, 3.8) is 0 Å². The number of hydrogen-bond donors (Lipinski definition) is 0. The van der Waals surface area contributed by atoms with Crippen molar-refractivity contribution in [3.8, 4) is 5.75 Å². The molecule has 0 bridgehead atoms. The normalized spacial score (nSPS) is 11.3. The molecule has 0 fully saturated rings. The van der Waals surface area contributed by atoms with Gasteiger partial charge >= 0.3 is 0 Å². The van der Waals surface area contributed by atoms with Crippen molar-refractivity contribution >= 4 is 0 Å². The monoisotopic (exact) mass is 230 g/mol. The molecular formula is C16H22O. The summed E-state index contributed by atoms with van der Waals surface area (Å²) in [6.45, 7) is 8.81. The van der Waals surface area contributed by atoms with Crippen LogP contribution in [-0.4, -0.2) is 6.61 Å². The summed E-state index contributed by atoms with van der Waals surface area (Å²) in [6, 6.07) is 9.91. The Morgan fingerprint density at radius 3 is 2.53 bits per heavy atom. The van der Waals surface area contributed by atoms with Gasteiger partial charge in [0.05, 0.1) is 0 Å². The van der Waals surface area contributed by atoms with Gasteiger partial charge in [-0.05, 0) is 51.3 Å². The topological polar surface area (TPSA) is 9.23 Å². The largest absolute Gasteiger partial charge is 0.490 e. The first-order chi connectivity index (χ1) is 8.18. The zero-order chi connectivity index (χ0) is 12.5. The molecule has 0 aliphatic carbocycles. The van der Waals surface area contributed by atoms with E-state index in [9.17, 15) is 0 Å². The third-order valence-corrected chi connectivity index (χ3v) is 2.60. The van der Waals surface area contributed by atoms with Gasteiger partial charge in [-0.3, -0.25) is 0 Å². The highest BCUT2D eigenvalue weighted by molar-refractivity contribution is 5.21. The fourth-order valence-corrected chi connectivity index (χ4v) is 1.57. The van der Waals surface area contributed by atoms with Crippen LogP contribution in [0.1, 0.15) is 33.1 Å². The number of hydrogen-bond acceptors (Lipinski definition) is 1. The van der Waals surface area contributed by atoms with E-state index in [-0.39, 0.29) is 0 Å². The van der Waals surface area contributed by atoms with Crippen LogP contribution in [0, 0.1) is 0 Å². The first-order valence-electron chi connectivity index (χ1n) is 6.16. The second-order valence-corrected chi connectivity index (χ2v) is 4.49. The number of benzene rings is 1. The molecule has 1 heteroatoms. The minimum atomic E-state index is 0.656. The van der Waals surface area contributed by atoms with Crippen molar-refractivity contribution in [2.45, 2.75) is 33.1 Å². The van der Waals surface area contributed by atoms with Crippen LogP contribution < -0.4 is 4.74 Å². The van der Waals surface area contributed by atoms with Crippen LogP contribution in [0.3, 0.4) is 0 Å². The van der Waals surface area contributed by atoms with E-state index in [4.69, 9.17) is 4.74 Å². The van der Waals surface area contributed by atoms with E-state index in [0.717, 1.165) is 18.6 Å². The zero-order valence-electron chi connectivity index (χ0n) is 10.9. The molecule has 1 nitrogen and oxygen atoms in total. The number of rotatable bonds is 7. The molecule has 92 valence electrons. The SMILES string of the molecule is C=C(C)CCCC(C)=CCOc1ccccc1. The highest BCUT2D eigenvalue weighted by Gasteiger charge is 1.93. The second kappa shape index (κ2) is 7.72. The Kier molecular flexibility index (Phi) is 6.16. The molecule has 0 spiro atoms. The second-order valence-electron chi connectivity index (χ2n) is 4.49. The van der Waals surface area contributed by atoms with E-state index in [1.54, 1.807) is 0 Å². The molecule has 0 aromatic heterocycles. The summed E-state index contributed by atoms with van der Waals surface area (Å²) in [4.78, 5) is 0. The molecule has 1 aromatic carbocycles. The Labute approximate surface area is 105 Å². The van der Waals surface area contributed by atoms with E-state index in [1.807, 2.05) is 30.3 Å². The standard InChI is InChI=1S/C16H22O/c1-14(2)8-7-9-15(3)12-13-17-16-10-5-4-6-11-16/h4-6,10-12H,1,7-9,13H2,2-3H3. The molecule has 0 unspecified atom stereocenters. The maximum Gasteiger partial charge on any atom is 0.119 e. The average Bonchev–Trinajstić information content (AvgIpc) is 2.30. The maximum absolute atomic E-state index is 5.61. The van der Waals surface area contributed by atoms with Gasteiger partial charge in [0.2, 0.25) is 0 Å². The molecule has 1 rings (SSSR count). The molecule has 0 aliphatic heterocycles. The average molecular weight is 230 g/mol. The van der Waals surface area contributed by atoms with Gasteiger partial charge in [-0.1, -0.05) is 29.3 Å². The molecule has 0 radical (unpaired) electrons. The first-order valence-corrected chi connectivity index (χ1v) is 6.16. The van der Waals surface area contributed by atoms with E-state index in [0.29, 0.717) is 6.61 Å². The molecule has 1 aromatic rings. The molecule has 0 amide bonds. The van der Waals surface area contributed by atoms with Gasteiger partial charge in [0.15, 0.2) is 0 Å². The molecule has 0 saturated heterocycles. The third kappa shape index (κ3) is 6.62. The van der Waals surface area contributed by atoms with Crippen LogP contribution in [0.4, 0.5) is 0 Å². The molecular weight excluding hydrogens is 208 g/mol. The van der Waals surface area contributed by atoms with Gasteiger partial charge < -0.3 is 4.74 Å². The number of ether oxygens (including phenoxy) is 1. The lowest BCUT2D eigenvalue weighted by Crippen LogP contribution is -1.94. The lowest BCUT2D eigenvalue weighted by atomic mass is 10.1. The Bertz CT molecular complexity index is 362. The Morgan fingerprint density at radius 1 is 1.18 bits per heavy atom. The first kappa shape index (κ1) is 13.6. The number of para-hydroxylation sites is 1. The van der Waals surface area contributed by atoms with Crippen molar-refractivity contribution in [1.82, 2.24) is 0 Å². The quantitative estimate of drug-likeness (QED) is 0.614. The summed E-state index contributed by atoms with van der Waals surface area (Å²) < 4.78 is 5.61. The van der Waals surface area contributed by atoms with Crippen LogP contribution >= 0.6 is 0 Å². The van der Waals surface area contributed by atoms with Gasteiger partial charge in [0, 0.05) is 0 Å². The lowest BCUT2D eigenvalue weighted by Gasteiger charge is -2.04. The third-order valence-electron chi connectivity index (χ3n) is 2.60. The molecule has 0 atom stereocenters. The van der Waals surface area contributed by atoms with Gasteiger partial charge in [0.25, 0.3) is 0 Å². The molecule has 17 heavy (non-hydrogen) atoms. The predicted molar refractivity (Wildman–Crippen MR) is 74.4 cm³/mol. The Hall–Kier alpha value is -1.50. The summed E-state index contributed by atoms with van der Waals surface area (Å²) in [7, 11) is 0. The van der Waals surface area contributed by atoms with Crippen molar-refractivity contribution in [3.05, 3.63) is 54.1 Å². The van der Waals surface area contributed by atoms with Crippen LogP contribution in [0.15, 0.2) is 54.1 Å². The zero-order valence-corrected chi connectivity index (χ0v) is 10.9. The Balaban J connectivity index is 2.22. The molecule has 0 heterocycles. The number of allylic oxidation sites excluding steroid dienone is 2. The van der Waals surface area contributed by atoms with Gasteiger partial charge in [-0.2, -0.15) is 0 Å². The fraction of sp³-hybridized carbons (Fsp3) is 0.375. The minimum absolute atomic E-state index is 0.656. The van der Waals surface area contributed by atoms with Crippen molar-refractivity contribution in [1.29, 1.82) is 0 Å². The molecule has 0 N–H and O–H groups in total. The van der Waals surface area contributed by atoms with Crippen LogP contribution in [0.5, 0.6) is 5.75 Å². The summed E-state index contributed by atoms with van der Waals surface area (Å²) in [5, 5.41) is 0. The van der Waals surface area contributed by atoms with Gasteiger partial charge in [0.1, 0.15) is 12.4 Å². The molecule has 0 saturated carbocycles. The Morgan fingerprint density at radius 2 is 1.88 bits per heavy atom. The van der Waals surface area contributed by atoms with Crippen molar-refractivity contribution in [2.75, 3.05) is 6.61 Å². The summed E-state index contributed by atoms with van der Waals surface area (Å²) in [5.74, 6) is 0.929. The smallest absolute Gasteiger partial charge is 0.119 e. The van der Waals surface area contributed by atoms with Crippen molar-refractivity contribution < 1.29 is 4.74 Å². The fourth-order valence-electron chi connectivity index (χ4n) is 1.57. The van der Waals surface area contributed by atoms with E-state index in [1.165, 1.54) is 17.6 Å². The maximum atomic E-state index is 5.61. The van der Waals surface area contributed by atoms with Gasteiger partial charge in [-0.25, -0.2) is 0 Å². The van der Waals surface area contributed by atoms with Crippen LogP contribution in [0.2, 0.25) is 0 Å². The summed E-state index contributed by atoms with van der Waals surface area (Å²) in [5.41, 5.74) is 2.65. The highest BCUT2D eigenvalue weighted by Crippen LogP contribution is 2.11.